The summed E-state index contributed by atoms with van der Waals surface area (Å²) >= 11 is 0. The lowest BCUT2D eigenvalue weighted by Gasteiger charge is -2.08. The van der Waals surface area contributed by atoms with Gasteiger partial charge in [0.25, 0.3) is 5.91 Å². The van der Waals surface area contributed by atoms with Crippen LogP contribution in [-0.4, -0.2) is 5.91 Å². The van der Waals surface area contributed by atoms with Gasteiger partial charge < -0.3 is 5.32 Å². The van der Waals surface area contributed by atoms with Gasteiger partial charge in [-0.1, -0.05) is 74.5 Å². The molecule has 0 aliphatic heterocycles. The molecule has 3 heteroatoms. The summed E-state index contributed by atoms with van der Waals surface area (Å²) in [7, 11) is 0. The number of nitrogens with one attached hydrogen (secondary N) is 1. The molecule has 0 unspecified atom stereocenters. The highest BCUT2D eigenvalue weighted by Gasteiger charge is 2.11. The van der Waals surface area contributed by atoms with Crippen molar-refractivity contribution < 1.29 is 4.79 Å². The Kier molecular flexibility index (Phi) is 5.15. The van der Waals surface area contributed by atoms with E-state index in [0.29, 0.717) is 11.6 Å². The van der Waals surface area contributed by atoms with Crippen LogP contribution in [0.15, 0.2) is 72.3 Å². The van der Waals surface area contributed by atoms with Crippen molar-refractivity contribution in [1.29, 1.82) is 5.26 Å². The molecule has 0 spiro atoms. The smallest absolute Gasteiger partial charge is 0.266 e. The number of benzene rings is 3. The molecule has 3 rings (SSSR count). The van der Waals surface area contributed by atoms with Gasteiger partial charge in [0.2, 0.25) is 0 Å². The SMILES string of the molecule is CC(C)c1ccc(C=C(C#N)C(=O)Nc2cccc3ccccc23)cc1. The standard InChI is InChI=1S/C23H20N2O/c1-16(2)18-12-10-17(11-13-18)14-20(15-24)23(26)25-22-9-5-7-19-6-3-4-8-21(19)22/h3-14,16H,1-2H3,(H,25,26). The number of nitrogens with zero attached hydrogens (tertiary/aromatic N) is 1. The Morgan fingerprint density at radius 1 is 1.00 bits per heavy atom. The van der Waals surface area contributed by atoms with Crippen LogP contribution in [0.4, 0.5) is 5.69 Å². The summed E-state index contributed by atoms with van der Waals surface area (Å²) < 4.78 is 0. The van der Waals surface area contributed by atoms with E-state index in [-0.39, 0.29) is 5.57 Å². The minimum Gasteiger partial charge on any atom is -0.321 e. The summed E-state index contributed by atoms with van der Waals surface area (Å²) in [5, 5.41) is 14.3. The number of hydrogen-bond acceptors (Lipinski definition) is 2. The Morgan fingerprint density at radius 3 is 2.38 bits per heavy atom. The molecule has 128 valence electrons. The zero-order valence-corrected chi connectivity index (χ0v) is 14.9. The van der Waals surface area contributed by atoms with Gasteiger partial charge in [-0.15, -0.1) is 0 Å². The number of rotatable bonds is 4. The minimum atomic E-state index is -0.406. The van der Waals surface area contributed by atoms with Crippen molar-refractivity contribution in [2.75, 3.05) is 5.32 Å². The van der Waals surface area contributed by atoms with Crippen LogP contribution in [0.5, 0.6) is 0 Å². The van der Waals surface area contributed by atoms with E-state index in [9.17, 15) is 10.1 Å². The van der Waals surface area contributed by atoms with E-state index in [1.54, 1.807) is 6.08 Å². The quantitative estimate of drug-likeness (QED) is 0.503. The van der Waals surface area contributed by atoms with E-state index >= 15 is 0 Å². The molecule has 3 aromatic carbocycles. The number of carbonyl (C=O) groups excluding carboxylic acids is 1. The van der Waals surface area contributed by atoms with Crippen molar-refractivity contribution in [3.63, 3.8) is 0 Å². The first-order valence-corrected chi connectivity index (χ1v) is 8.59. The van der Waals surface area contributed by atoms with Crippen LogP contribution in [0.2, 0.25) is 0 Å². The van der Waals surface area contributed by atoms with Gasteiger partial charge in [0.1, 0.15) is 11.6 Å². The molecule has 0 saturated carbocycles. The molecule has 26 heavy (non-hydrogen) atoms. The molecule has 0 atom stereocenters. The molecule has 1 N–H and O–H groups in total. The highest BCUT2D eigenvalue weighted by molar-refractivity contribution is 6.12. The molecule has 0 fully saturated rings. The van der Waals surface area contributed by atoms with Crippen molar-refractivity contribution >= 4 is 28.4 Å². The lowest BCUT2D eigenvalue weighted by Crippen LogP contribution is -2.13. The number of amides is 1. The van der Waals surface area contributed by atoms with E-state index < -0.39 is 5.91 Å². The third kappa shape index (κ3) is 3.81. The molecule has 0 aliphatic carbocycles. The maximum absolute atomic E-state index is 12.6. The van der Waals surface area contributed by atoms with Crippen molar-refractivity contribution in [3.8, 4) is 6.07 Å². The molecule has 0 aromatic heterocycles. The summed E-state index contributed by atoms with van der Waals surface area (Å²) in [6, 6.07) is 23.4. The zero-order chi connectivity index (χ0) is 18.5. The number of carbonyl (C=O) groups is 1. The topological polar surface area (TPSA) is 52.9 Å². The van der Waals surface area contributed by atoms with Gasteiger partial charge in [-0.05, 0) is 34.6 Å². The van der Waals surface area contributed by atoms with Gasteiger partial charge in [0.15, 0.2) is 0 Å². The number of nitriles is 1. The van der Waals surface area contributed by atoms with E-state index in [1.807, 2.05) is 72.8 Å². The monoisotopic (exact) mass is 340 g/mol. The van der Waals surface area contributed by atoms with Crippen LogP contribution in [-0.2, 0) is 4.79 Å². The van der Waals surface area contributed by atoms with Crippen LogP contribution in [0.25, 0.3) is 16.8 Å². The predicted molar refractivity (Wildman–Crippen MR) is 107 cm³/mol. The summed E-state index contributed by atoms with van der Waals surface area (Å²) in [5.74, 6) is 0.0370. The zero-order valence-electron chi connectivity index (χ0n) is 14.9. The molecule has 0 saturated heterocycles. The second-order valence-electron chi connectivity index (χ2n) is 6.47. The molecule has 3 nitrogen and oxygen atoms in total. The Balaban J connectivity index is 1.86. The summed E-state index contributed by atoms with van der Waals surface area (Å²) in [6.45, 7) is 4.26. The van der Waals surface area contributed by atoms with Crippen LogP contribution in [0.3, 0.4) is 0 Å². The number of hydrogen-bond donors (Lipinski definition) is 1. The molecule has 3 aromatic rings. The van der Waals surface area contributed by atoms with E-state index in [2.05, 4.69) is 19.2 Å². The summed E-state index contributed by atoms with van der Waals surface area (Å²) in [4.78, 5) is 12.6. The van der Waals surface area contributed by atoms with Gasteiger partial charge in [-0.2, -0.15) is 5.26 Å². The second kappa shape index (κ2) is 7.67. The first-order chi connectivity index (χ1) is 12.6. The number of fused-ring (bicyclic) bond motifs is 1. The van der Waals surface area contributed by atoms with Gasteiger partial charge in [0, 0.05) is 11.1 Å². The summed E-state index contributed by atoms with van der Waals surface area (Å²) in [5.41, 5.74) is 2.83. The largest absolute Gasteiger partial charge is 0.321 e. The van der Waals surface area contributed by atoms with Crippen molar-refractivity contribution in [3.05, 3.63) is 83.4 Å². The predicted octanol–water partition coefficient (Wildman–Crippen LogP) is 5.51. The Morgan fingerprint density at radius 2 is 1.69 bits per heavy atom. The lowest BCUT2D eigenvalue weighted by molar-refractivity contribution is -0.112. The maximum atomic E-state index is 12.6. The molecule has 1 amide bonds. The Hall–Kier alpha value is -3.38. The van der Waals surface area contributed by atoms with Gasteiger partial charge in [-0.3, -0.25) is 4.79 Å². The van der Waals surface area contributed by atoms with Crippen LogP contribution < -0.4 is 5.32 Å². The minimum absolute atomic E-state index is 0.0789. The van der Waals surface area contributed by atoms with Gasteiger partial charge in [0.05, 0.1) is 0 Å². The molecular weight excluding hydrogens is 320 g/mol. The molecule has 0 radical (unpaired) electrons. The lowest BCUT2D eigenvalue weighted by atomic mass is 10.0. The first kappa shape index (κ1) is 17.4. The first-order valence-electron chi connectivity index (χ1n) is 8.59. The molecular formula is C23H20N2O. The number of anilines is 1. The Bertz CT molecular complexity index is 1000. The van der Waals surface area contributed by atoms with Crippen LogP contribution in [0, 0.1) is 11.3 Å². The molecule has 0 bridgehead atoms. The van der Waals surface area contributed by atoms with Gasteiger partial charge >= 0.3 is 0 Å². The summed E-state index contributed by atoms with van der Waals surface area (Å²) in [6.07, 6.45) is 1.62. The van der Waals surface area contributed by atoms with Crippen LogP contribution >= 0.6 is 0 Å². The third-order valence-electron chi connectivity index (χ3n) is 4.32. The fourth-order valence-corrected chi connectivity index (χ4v) is 2.82. The average Bonchev–Trinajstić information content (AvgIpc) is 2.66. The second-order valence-corrected chi connectivity index (χ2v) is 6.47. The third-order valence-corrected chi connectivity index (χ3v) is 4.32. The maximum Gasteiger partial charge on any atom is 0.266 e. The average molecular weight is 340 g/mol. The van der Waals surface area contributed by atoms with Crippen molar-refractivity contribution in [2.45, 2.75) is 19.8 Å². The molecule has 0 heterocycles. The van der Waals surface area contributed by atoms with Crippen molar-refractivity contribution in [1.82, 2.24) is 0 Å². The van der Waals surface area contributed by atoms with E-state index in [4.69, 9.17) is 0 Å². The Labute approximate surface area is 153 Å². The normalized spacial score (nSPS) is 11.4. The van der Waals surface area contributed by atoms with Crippen molar-refractivity contribution in [2.24, 2.45) is 0 Å². The fourth-order valence-electron chi connectivity index (χ4n) is 2.82. The van der Waals surface area contributed by atoms with E-state index in [1.165, 1.54) is 5.56 Å². The molecule has 0 aliphatic rings. The fraction of sp³-hybridized carbons (Fsp3) is 0.130. The van der Waals surface area contributed by atoms with E-state index in [0.717, 1.165) is 16.3 Å². The highest BCUT2D eigenvalue weighted by atomic mass is 16.1. The van der Waals surface area contributed by atoms with Gasteiger partial charge in [-0.25, -0.2) is 0 Å². The highest BCUT2D eigenvalue weighted by Crippen LogP contribution is 2.23. The van der Waals surface area contributed by atoms with Crippen LogP contribution in [0.1, 0.15) is 30.9 Å².